The minimum Gasteiger partial charge on any atom is -0.480 e. The first-order valence-electron chi connectivity index (χ1n) is 5.47. The summed E-state index contributed by atoms with van der Waals surface area (Å²) in [5.41, 5.74) is 0.539. The van der Waals surface area contributed by atoms with E-state index in [1.54, 1.807) is 13.1 Å². The number of alkyl halides is 3. The van der Waals surface area contributed by atoms with Gasteiger partial charge >= 0.3 is 12.3 Å². The lowest BCUT2D eigenvalue weighted by atomic mass is 10.2. The van der Waals surface area contributed by atoms with Gasteiger partial charge in [-0.25, -0.2) is 0 Å². The Bertz CT molecular complexity index is 448. The van der Waals surface area contributed by atoms with Crippen LogP contribution in [0.3, 0.4) is 0 Å². The fraction of sp³-hybridized carbons (Fsp3) is 0.417. The van der Waals surface area contributed by atoms with Gasteiger partial charge in [0.1, 0.15) is 11.8 Å². The van der Waals surface area contributed by atoms with Crippen LogP contribution in [0, 0.1) is 0 Å². The Morgan fingerprint density at radius 3 is 2.63 bits per heavy atom. The highest BCUT2D eigenvalue weighted by atomic mass is 19.4. The number of hydrogen-bond donors (Lipinski definition) is 1. The molecule has 1 atom stereocenters. The topological polar surface area (TPSA) is 49.8 Å². The van der Waals surface area contributed by atoms with Crippen LogP contribution in [0.2, 0.25) is 0 Å². The molecule has 0 aliphatic heterocycles. The van der Waals surface area contributed by atoms with Gasteiger partial charge in [0.15, 0.2) is 0 Å². The second kappa shape index (κ2) is 5.92. The maximum Gasteiger partial charge on any atom is 0.573 e. The Hall–Kier alpha value is -1.76. The summed E-state index contributed by atoms with van der Waals surface area (Å²) >= 11 is 0. The molecule has 0 aliphatic rings. The Morgan fingerprint density at radius 2 is 2.11 bits per heavy atom. The number of benzene rings is 1. The summed E-state index contributed by atoms with van der Waals surface area (Å²) in [5.74, 6) is -1.31. The van der Waals surface area contributed by atoms with Crippen LogP contribution in [0.1, 0.15) is 12.5 Å². The van der Waals surface area contributed by atoms with E-state index in [0.29, 0.717) is 5.56 Å². The number of rotatable bonds is 5. The molecule has 1 aromatic rings. The maximum absolute atomic E-state index is 12.1. The summed E-state index contributed by atoms with van der Waals surface area (Å²) in [6.45, 7) is 1.71. The summed E-state index contributed by atoms with van der Waals surface area (Å²) in [6, 6.07) is 4.73. The highest BCUT2D eigenvalue weighted by Crippen LogP contribution is 2.23. The summed E-state index contributed by atoms with van der Waals surface area (Å²) in [5, 5.41) is 8.82. The lowest BCUT2D eigenvalue weighted by molar-refractivity contribution is -0.274. The van der Waals surface area contributed by atoms with Crippen molar-refractivity contribution in [2.24, 2.45) is 0 Å². The number of hydrogen-bond acceptors (Lipinski definition) is 3. The molecule has 0 bridgehead atoms. The van der Waals surface area contributed by atoms with Gasteiger partial charge in [-0.3, -0.25) is 9.69 Å². The largest absolute Gasteiger partial charge is 0.573 e. The van der Waals surface area contributed by atoms with Crippen molar-refractivity contribution in [1.82, 2.24) is 4.90 Å². The first kappa shape index (κ1) is 15.3. The van der Waals surface area contributed by atoms with E-state index < -0.39 is 18.4 Å². The van der Waals surface area contributed by atoms with Gasteiger partial charge in [-0.1, -0.05) is 12.1 Å². The molecule has 1 N–H and O–H groups in total. The van der Waals surface area contributed by atoms with Gasteiger partial charge in [0.05, 0.1) is 0 Å². The normalized spacial score (nSPS) is 13.4. The number of carboxylic acid groups (broad SMARTS) is 1. The Labute approximate surface area is 108 Å². The van der Waals surface area contributed by atoms with Crippen LogP contribution in [0.4, 0.5) is 13.2 Å². The monoisotopic (exact) mass is 277 g/mol. The van der Waals surface area contributed by atoms with Crippen molar-refractivity contribution in [3.05, 3.63) is 29.8 Å². The predicted molar refractivity (Wildman–Crippen MR) is 61.7 cm³/mol. The summed E-state index contributed by atoms with van der Waals surface area (Å²) < 4.78 is 40.0. The Balaban J connectivity index is 2.75. The van der Waals surface area contributed by atoms with E-state index in [-0.39, 0.29) is 12.3 Å². The number of likely N-dealkylation sites (N-methyl/N-ethyl adjacent to an activating group) is 1. The molecule has 106 valence electrons. The van der Waals surface area contributed by atoms with Crippen molar-refractivity contribution in [3.8, 4) is 5.75 Å². The molecule has 0 saturated heterocycles. The molecule has 0 saturated carbocycles. The molecular formula is C12H14F3NO3. The smallest absolute Gasteiger partial charge is 0.480 e. The molecule has 0 aromatic heterocycles. The fourth-order valence-corrected chi connectivity index (χ4v) is 1.45. The van der Waals surface area contributed by atoms with Crippen molar-refractivity contribution in [2.75, 3.05) is 7.05 Å². The SMILES string of the molecule is CC(C(=O)O)N(C)Cc1cccc(OC(F)(F)F)c1. The average molecular weight is 277 g/mol. The van der Waals surface area contributed by atoms with E-state index in [9.17, 15) is 18.0 Å². The molecule has 4 nitrogen and oxygen atoms in total. The molecule has 0 amide bonds. The molecule has 7 heteroatoms. The van der Waals surface area contributed by atoms with Crippen LogP contribution in [0.25, 0.3) is 0 Å². The van der Waals surface area contributed by atoms with Crippen molar-refractivity contribution >= 4 is 5.97 Å². The zero-order valence-electron chi connectivity index (χ0n) is 10.4. The number of nitrogens with zero attached hydrogens (tertiary/aromatic N) is 1. The van der Waals surface area contributed by atoms with Crippen LogP contribution >= 0.6 is 0 Å². The number of carboxylic acids is 1. The van der Waals surface area contributed by atoms with Crippen LogP contribution < -0.4 is 4.74 Å². The third-order valence-electron chi connectivity index (χ3n) is 2.58. The number of aliphatic carboxylic acids is 1. The van der Waals surface area contributed by atoms with Crippen molar-refractivity contribution in [1.29, 1.82) is 0 Å². The number of ether oxygens (including phenoxy) is 1. The number of halogens is 3. The van der Waals surface area contributed by atoms with Gasteiger partial charge in [-0.2, -0.15) is 0 Å². The minimum absolute atomic E-state index is 0.211. The van der Waals surface area contributed by atoms with E-state index in [1.165, 1.54) is 30.0 Å². The molecule has 1 rings (SSSR count). The van der Waals surface area contributed by atoms with Gasteiger partial charge in [0.25, 0.3) is 0 Å². The summed E-state index contributed by atoms with van der Waals surface area (Å²) in [6.07, 6.45) is -4.74. The van der Waals surface area contributed by atoms with E-state index >= 15 is 0 Å². The fourth-order valence-electron chi connectivity index (χ4n) is 1.45. The van der Waals surface area contributed by atoms with Crippen LogP contribution in [-0.2, 0) is 11.3 Å². The summed E-state index contributed by atoms with van der Waals surface area (Å²) in [7, 11) is 1.58. The van der Waals surface area contributed by atoms with E-state index in [2.05, 4.69) is 4.74 Å². The molecule has 0 aliphatic carbocycles. The van der Waals surface area contributed by atoms with Crippen molar-refractivity contribution in [2.45, 2.75) is 25.9 Å². The number of carbonyl (C=O) groups is 1. The van der Waals surface area contributed by atoms with Gasteiger partial charge in [-0.15, -0.1) is 13.2 Å². The first-order valence-corrected chi connectivity index (χ1v) is 5.47. The molecule has 0 heterocycles. The maximum atomic E-state index is 12.1. The second-order valence-electron chi connectivity index (χ2n) is 4.12. The highest BCUT2D eigenvalue weighted by molar-refractivity contribution is 5.72. The van der Waals surface area contributed by atoms with E-state index in [4.69, 9.17) is 5.11 Å². The van der Waals surface area contributed by atoms with Gasteiger partial charge in [-0.05, 0) is 31.7 Å². The minimum atomic E-state index is -4.74. The zero-order valence-corrected chi connectivity index (χ0v) is 10.4. The Morgan fingerprint density at radius 1 is 1.47 bits per heavy atom. The lowest BCUT2D eigenvalue weighted by Gasteiger charge is -2.21. The highest BCUT2D eigenvalue weighted by Gasteiger charge is 2.31. The molecule has 19 heavy (non-hydrogen) atoms. The van der Waals surface area contributed by atoms with Gasteiger partial charge in [0.2, 0.25) is 0 Å². The van der Waals surface area contributed by atoms with Gasteiger partial charge in [0, 0.05) is 6.54 Å². The molecule has 0 spiro atoms. The van der Waals surface area contributed by atoms with Crippen molar-refractivity contribution in [3.63, 3.8) is 0 Å². The molecular weight excluding hydrogens is 263 g/mol. The van der Waals surface area contributed by atoms with Gasteiger partial charge < -0.3 is 9.84 Å². The summed E-state index contributed by atoms with van der Waals surface area (Å²) in [4.78, 5) is 12.3. The second-order valence-corrected chi connectivity index (χ2v) is 4.12. The third kappa shape index (κ3) is 5.17. The first-order chi connectivity index (χ1) is 8.69. The van der Waals surface area contributed by atoms with Crippen LogP contribution in [-0.4, -0.2) is 35.4 Å². The average Bonchev–Trinajstić information content (AvgIpc) is 2.25. The van der Waals surface area contributed by atoms with E-state index in [0.717, 1.165) is 0 Å². The van der Waals surface area contributed by atoms with Crippen LogP contribution in [0.5, 0.6) is 5.75 Å². The van der Waals surface area contributed by atoms with E-state index in [1.807, 2.05) is 0 Å². The molecule has 0 fully saturated rings. The third-order valence-corrected chi connectivity index (χ3v) is 2.58. The lowest BCUT2D eigenvalue weighted by Crippen LogP contribution is -2.35. The predicted octanol–water partition coefficient (Wildman–Crippen LogP) is 2.49. The molecule has 0 radical (unpaired) electrons. The van der Waals surface area contributed by atoms with Crippen molar-refractivity contribution < 1.29 is 27.8 Å². The standard InChI is InChI=1S/C12H14F3NO3/c1-8(11(17)18)16(2)7-9-4-3-5-10(6-9)19-12(13,14)15/h3-6,8H,7H2,1-2H3,(H,17,18). The zero-order chi connectivity index (χ0) is 14.6. The molecule has 1 aromatic carbocycles. The quantitative estimate of drug-likeness (QED) is 0.898. The Kier molecular flexibility index (Phi) is 4.77. The van der Waals surface area contributed by atoms with Crippen LogP contribution in [0.15, 0.2) is 24.3 Å². The molecule has 1 unspecified atom stereocenters.